The van der Waals surface area contributed by atoms with E-state index in [1.54, 1.807) is 42.5 Å². The third-order valence-electron chi connectivity index (χ3n) is 4.19. The second kappa shape index (κ2) is 8.69. The highest BCUT2D eigenvalue weighted by atomic mass is 19.3. The molecule has 0 aliphatic heterocycles. The molecule has 0 aliphatic rings. The minimum atomic E-state index is -3.08. The van der Waals surface area contributed by atoms with Crippen molar-refractivity contribution in [3.8, 4) is 28.4 Å². The summed E-state index contributed by atoms with van der Waals surface area (Å²) in [4.78, 5) is 0. The van der Waals surface area contributed by atoms with E-state index < -0.39 is 12.4 Å². The number of rotatable bonds is 7. The van der Waals surface area contributed by atoms with Crippen LogP contribution in [-0.2, 0) is 0 Å². The van der Waals surface area contributed by atoms with Gasteiger partial charge in [0.2, 0.25) is 0 Å². The summed E-state index contributed by atoms with van der Waals surface area (Å²) in [6.45, 7) is -0.856. The zero-order valence-corrected chi connectivity index (χ0v) is 15.4. The summed E-state index contributed by atoms with van der Waals surface area (Å²) < 4.78 is 56.4. The number of alkyl halides is 2. The van der Waals surface area contributed by atoms with Crippen molar-refractivity contribution in [1.82, 2.24) is 0 Å². The highest BCUT2D eigenvalue weighted by Gasteiger charge is 2.19. The Morgan fingerprint density at radius 3 is 2.36 bits per heavy atom. The van der Waals surface area contributed by atoms with E-state index in [9.17, 15) is 8.78 Å². The van der Waals surface area contributed by atoms with E-state index >= 15 is 4.39 Å². The Hall–Kier alpha value is -3.15. The van der Waals surface area contributed by atoms with Crippen LogP contribution >= 0.6 is 0 Å². The van der Waals surface area contributed by atoms with Gasteiger partial charge >= 0.3 is 6.61 Å². The minimum Gasteiger partial charge on any atom is -0.497 e. The molecule has 0 bridgehead atoms. The molecule has 3 aromatic carbocycles. The summed E-state index contributed by atoms with van der Waals surface area (Å²) in [5.41, 5.74) is 0.377. The summed E-state index contributed by atoms with van der Waals surface area (Å²) in [6, 6.07) is 12.6. The van der Waals surface area contributed by atoms with Crippen molar-refractivity contribution in [3.05, 3.63) is 66.5 Å². The molecule has 3 nitrogen and oxygen atoms in total. The second-order valence-electron chi connectivity index (χ2n) is 5.93. The standard InChI is InChI=1S/C22H19F3O3/c1-3-4-11-27-17-9-10-18-15(12-17)13-19(28-22(24)25)20(21(18)23)14-5-7-16(26-2)8-6-14/h3-10,12-13,22H,11H2,1-2H3. The first-order valence-electron chi connectivity index (χ1n) is 8.63. The van der Waals surface area contributed by atoms with Crippen LogP contribution in [-0.4, -0.2) is 20.3 Å². The van der Waals surface area contributed by atoms with Crippen molar-refractivity contribution in [3.63, 3.8) is 0 Å². The molecule has 0 N–H and O–H groups in total. The molecule has 0 aromatic heterocycles. The van der Waals surface area contributed by atoms with Crippen LogP contribution in [0.3, 0.4) is 0 Å². The Morgan fingerprint density at radius 1 is 1.00 bits per heavy atom. The minimum absolute atomic E-state index is 0.0296. The number of hydrogen-bond acceptors (Lipinski definition) is 3. The van der Waals surface area contributed by atoms with Gasteiger partial charge in [0.15, 0.2) is 0 Å². The van der Waals surface area contributed by atoms with Gasteiger partial charge in [0.05, 0.1) is 12.7 Å². The third kappa shape index (κ3) is 4.22. The van der Waals surface area contributed by atoms with Crippen molar-refractivity contribution in [2.75, 3.05) is 13.7 Å². The summed E-state index contributed by atoms with van der Waals surface area (Å²) in [7, 11) is 1.51. The number of methoxy groups -OCH3 is 1. The van der Waals surface area contributed by atoms with Gasteiger partial charge in [-0.15, -0.1) is 0 Å². The van der Waals surface area contributed by atoms with Gasteiger partial charge in [-0.1, -0.05) is 24.3 Å². The van der Waals surface area contributed by atoms with Gasteiger partial charge in [0.25, 0.3) is 0 Å². The SMILES string of the molecule is CC=CCOc1ccc2c(F)c(-c3ccc(OC)cc3)c(OC(F)F)cc2c1. The molecule has 3 aromatic rings. The summed E-state index contributed by atoms with van der Waals surface area (Å²) in [5, 5.41) is 0.689. The molecule has 0 spiro atoms. The van der Waals surface area contributed by atoms with Gasteiger partial charge in [0, 0.05) is 5.39 Å². The van der Waals surface area contributed by atoms with Gasteiger partial charge < -0.3 is 14.2 Å². The quantitative estimate of drug-likeness (QED) is 0.450. The lowest BCUT2D eigenvalue weighted by Crippen LogP contribution is -2.05. The van der Waals surface area contributed by atoms with Gasteiger partial charge in [-0.3, -0.25) is 0 Å². The van der Waals surface area contributed by atoms with E-state index in [0.717, 1.165) is 0 Å². The molecule has 146 valence electrons. The third-order valence-corrected chi connectivity index (χ3v) is 4.19. The molecule has 3 rings (SSSR count). The molecule has 0 heterocycles. The average molecular weight is 388 g/mol. The number of fused-ring (bicyclic) bond motifs is 1. The molecule has 0 saturated carbocycles. The van der Waals surface area contributed by atoms with Crippen molar-refractivity contribution < 1.29 is 27.4 Å². The maximum Gasteiger partial charge on any atom is 0.387 e. The molecular weight excluding hydrogens is 369 g/mol. The maximum absolute atomic E-state index is 15.3. The van der Waals surface area contributed by atoms with Gasteiger partial charge in [-0.25, -0.2) is 4.39 Å². The molecule has 0 amide bonds. The zero-order chi connectivity index (χ0) is 20.1. The number of hydrogen-bond donors (Lipinski definition) is 0. The molecule has 0 radical (unpaired) electrons. The van der Waals surface area contributed by atoms with E-state index in [1.165, 1.54) is 13.2 Å². The van der Waals surface area contributed by atoms with E-state index in [2.05, 4.69) is 4.74 Å². The Labute approximate surface area is 161 Å². The van der Waals surface area contributed by atoms with Crippen LogP contribution in [0.5, 0.6) is 17.2 Å². The predicted molar refractivity (Wildman–Crippen MR) is 103 cm³/mol. The van der Waals surface area contributed by atoms with E-state index in [-0.39, 0.29) is 16.7 Å². The fourth-order valence-corrected chi connectivity index (χ4v) is 2.86. The number of ether oxygens (including phenoxy) is 3. The normalized spacial score (nSPS) is 11.4. The van der Waals surface area contributed by atoms with Gasteiger partial charge in [0.1, 0.15) is 29.7 Å². The Kier molecular flexibility index (Phi) is 6.09. The lowest BCUT2D eigenvalue weighted by molar-refractivity contribution is -0.0494. The smallest absolute Gasteiger partial charge is 0.387 e. The fourth-order valence-electron chi connectivity index (χ4n) is 2.86. The molecular formula is C22H19F3O3. The van der Waals surface area contributed by atoms with Crippen LogP contribution in [0.1, 0.15) is 6.92 Å². The topological polar surface area (TPSA) is 27.7 Å². The first-order chi connectivity index (χ1) is 13.5. The molecule has 0 aliphatic carbocycles. The van der Waals surface area contributed by atoms with Crippen molar-refractivity contribution in [2.45, 2.75) is 13.5 Å². The van der Waals surface area contributed by atoms with Crippen molar-refractivity contribution in [1.29, 1.82) is 0 Å². The van der Waals surface area contributed by atoms with Crippen LogP contribution in [0.15, 0.2) is 60.7 Å². The first-order valence-corrected chi connectivity index (χ1v) is 8.63. The average Bonchev–Trinajstić information content (AvgIpc) is 2.68. The summed E-state index contributed by atoms with van der Waals surface area (Å²) in [5.74, 6) is 0.198. The van der Waals surface area contributed by atoms with Gasteiger partial charge in [-0.05, 0) is 54.3 Å². The van der Waals surface area contributed by atoms with Crippen LogP contribution < -0.4 is 14.2 Å². The Bertz CT molecular complexity index is 982. The molecule has 0 unspecified atom stereocenters. The van der Waals surface area contributed by atoms with Crippen molar-refractivity contribution in [2.24, 2.45) is 0 Å². The highest BCUT2D eigenvalue weighted by molar-refractivity contribution is 5.92. The number of allylic oxidation sites excluding steroid dienone is 1. The molecule has 6 heteroatoms. The van der Waals surface area contributed by atoms with Crippen LogP contribution in [0.2, 0.25) is 0 Å². The van der Waals surface area contributed by atoms with Crippen molar-refractivity contribution >= 4 is 10.8 Å². The Balaban J connectivity index is 2.12. The fraction of sp³-hybridized carbons (Fsp3) is 0.182. The Morgan fingerprint density at radius 2 is 1.71 bits per heavy atom. The predicted octanol–water partition coefficient (Wildman–Crippen LogP) is 6.21. The van der Waals surface area contributed by atoms with Crippen LogP contribution in [0.25, 0.3) is 21.9 Å². The monoisotopic (exact) mass is 388 g/mol. The van der Waals surface area contributed by atoms with Gasteiger partial charge in [-0.2, -0.15) is 8.78 Å². The lowest BCUT2D eigenvalue weighted by atomic mass is 9.98. The van der Waals surface area contributed by atoms with Crippen LogP contribution in [0.4, 0.5) is 13.2 Å². The van der Waals surface area contributed by atoms with E-state index in [1.807, 2.05) is 19.1 Å². The first kappa shape index (κ1) is 19.6. The molecule has 0 atom stereocenters. The lowest BCUT2D eigenvalue weighted by Gasteiger charge is -2.15. The number of halogens is 3. The van der Waals surface area contributed by atoms with Crippen LogP contribution in [0, 0.1) is 5.82 Å². The van der Waals surface area contributed by atoms with E-state index in [4.69, 9.17) is 9.47 Å². The number of benzene rings is 3. The summed E-state index contributed by atoms with van der Waals surface area (Å²) in [6.07, 6.45) is 3.67. The summed E-state index contributed by atoms with van der Waals surface area (Å²) >= 11 is 0. The highest BCUT2D eigenvalue weighted by Crippen LogP contribution is 2.39. The maximum atomic E-state index is 15.3. The largest absolute Gasteiger partial charge is 0.497 e. The van der Waals surface area contributed by atoms with E-state index in [0.29, 0.717) is 29.1 Å². The molecule has 0 saturated heterocycles. The second-order valence-corrected chi connectivity index (χ2v) is 5.93. The zero-order valence-electron chi connectivity index (χ0n) is 15.4. The molecule has 0 fully saturated rings. The molecule has 28 heavy (non-hydrogen) atoms.